The second kappa shape index (κ2) is 10.1. The first-order valence-corrected chi connectivity index (χ1v) is 13.5. The van der Waals surface area contributed by atoms with Crippen molar-refractivity contribution in [2.24, 2.45) is 0 Å². The van der Waals surface area contributed by atoms with Crippen LogP contribution in [0.2, 0.25) is 0 Å². The molecule has 2 heterocycles. The van der Waals surface area contributed by atoms with E-state index in [1.54, 1.807) is 16.4 Å². The smallest absolute Gasteiger partial charge is 0.252 e. The molecule has 2 fully saturated rings. The molecule has 0 bridgehead atoms. The number of anilines is 2. The lowest BCUT2D eigenvalue weighted by Gasteiger charge is -2.25. The van der Waals surface area contributed by atoms with E-state index in [1.165, 1.54) is 43.4 Å². The van der Waals surface area contributed by atoms with Gasteiger partial charge in [0.05, 0.1) is 6.42 Å². The largest absolute Gasteiger partial charge is 0.382 e. The molecule has 0 atom stereocenters. The highest BCUT2D eigenvalue weighted by molar-refractivity contribution is 7.91. The van der Waals surface area contributed by atoms with Gasteiger partial charge in [0.2, 0.25) is 5.91 Å². The van der Waals surface area contributed by atoms with Gasteiger partial charge >= 0.3 is 0 Å². The molecule has 0 radical (unpaired) electrons. The normalized spacial score (nSPS) is 18.6. The minimum Gasteiger partial charge on any atom is -0.382 e. The van der Waals surface area contributed by atoms with E-state index < -0.39 is 10.0 Å². The van der Waals surface area contributed by atoms with Crippen LogP contribution in [0, 0.1) is 0 Å². The van der Waals surface area contributed by atoms with Gasteiger partial charge in [0.1, 0.15) is 4.21 Å². The van der Waals surface area contributed by atoms with Crippen molar-refractivity contribution in [3.8, 4) is 0 Å². The summed E-state index contributed by atoms with van der Waals surface area (Å²) in [6.45, 7) is 1.17. The molecular weight excluding hydrogens is 430 g/mol. The van der Waals surface area contributed by atoms with Gasteiger partial charge in [-0.25, -0.2) is 8.42 Å². The van der Waals surface area contributed by atoms with Crippen LogP contribution in [0.1, 0.15) is 56.2 Å². The third-order valence-corrected chi connectivity index (χ3v) is 9.48. The fraction of sp³-hybridized carbons (Fsp3) is 0.522. The van der Waals surface area contributed by atoms with Crippen LogP contribution < -0.4 is 10.6 Å². The first-order valence-electron chi connectivity index (χ1n) is 11.3. The maximum Gasteiger partial charge on any atom is 0.252 e. The SMILES string of the molecule is O=C(Cc1ccc(S(=O)(=O)N2CCCCC2)s1)Nc1ccc(NC2CCCCC2)cc1. The molecule has 1 amide bonds. The lowest BCUT2D eigenvalue weighted by atomic mass is 9.95. The van der Waals surface area contributed by atoms with E-state index in [4.69, 9.17) is 0 Å². The van der Waals surface area contributed by atoms with Gasteiger partial charge < -0.3 is 10.6 Å². The van der Waals surface area contributed by atoms with E-state index in [2.05, 4.69) is 10.6 Å². The number of thiophene rings is 1. The molecule has 2 aromatic rings. The standard InChI is InChI=1S/C23H31N3O3S2/c27-22(25-20-11-9-19(10-12-20)24-18-7-3-1-4-8-18)17-21-13-14-23(30-21)31(28,29)26-15-5-2-6-16-26/h9-14,18,24H,1-8,15-17H2,(H,25,27). The van der Waals surface area contributed by atoms with E-state index in [0.717, 1.165) is 35.5 Å². The van der Waals surface area contributed by atoms with Crippen LogP contribution in [0.5, 0.6) is 0 Å². The number of nitrogens with zero attached hydrogens (tertiary/aromatic N) is 1. The molecule has 168 valence electrons. The molecule has 1 saturated carbocycles. The Kier molecular flexibility index (Phi) is 7.30. The van der Waals surface area contributed by atoms with Gasteiger partial charge in [0.15, 0.2) is 0 Å². The second-order valence-electron chi connectivity index (χ2n) is 8.47. The third kappa shape index (κ3) is 5.87. The average molecular weight is 462 g/mol. The van der Waals surface area contributed by atoms with E-state index >= 15 is 0 Å². The topological polar surface area (TPSA) is 78.5 Å². The number of rotatable bonds is 7. The zero-order valence-electron chi connectivity index (χ0n) is 17.8. The fourth-order valence-electron chi connectivity index (χ4n) is 4.32. The number of nitrogens with one attached hydrogen (secondary N) is 2. The quantitative estimate of drug-likeness (QED) is 0.618. The number of carbonyl (C=O) groups excluding carboxylic acids is 1. The third-order valence-electron chi connectivity index (χ3n) is 6.03. The van der Waals surface area contributed by atoms with Crippen molar-refractivity contribution < 1.29 is 13.2 Å². The van der Waals surface area contributed by atoms with Crippen molar-refractivity contribution >= 4 is 38.6 Å². The fourth-order valence-corrected chi connectivity index (χ4v) is 7.35. The van der Waals surface area contributed by atoms with Crippen molar-refractivity contribution in [2.45, 2.75) is 68.0 Å². The molecule has 2 N–H and O–H groups in total. The number of sulfonamides is 1. The van der Waals surface area contributed by atoms with Gasteiger partial charge in [-0.05, 0) is 62.1 Å². The first-order chi connectivity index (χ1) is 15.0. The molecule has 4 rings (SSSR count). The molecule has 8 heteroatoms. The van der Waals surface area contributed by atoms with Crippen molar-refractivity contribution in [3.63, 3.8) is 0 Å². The Bertz CT molecular complexity index is 974. The molecule has 1 aromatic heterocycles. The monoisotopic (exact) mass is 461 g/mol. The minimum atomic E-state index is -3.44. The summed E-state index contributed by atoms with van der Waals surface area (Å²) in [5, 5.41) is 6.49. The van der Waals surface area contributed by atoms with E-state index in [-0.39, 0.29) is 12.3 Å². The van der Waals surface area contributed by atoms with Crippen molar-refractivity contribution in [2.75, 3.05) is 23.7 Å². The average Bonchev–Trinajstić information content (AvgIpc) is 3.26. The molecule has 2 aliphatic rings. The molecule has 0 spiro atoms. The number of carbonyl (C=O) groups is 1. The van der Waals surface area contributed by atoms with Crippen molar-refractivity contribution in [3.05, 3.63) is 41.3 Å². The van der Waals surface area contributed by atoms with Crippen LogP contribution in [0.25, 0.3) is 0 Å². The number of amides is 1. The Morgan fingerprint density at radius 1 is 0.903 bits per heavy atom. The Morgan fingerprint density at radius 2 is 1.55 bits per heavy atom. The van der Waals surface area contributed by atoms with Crippen LogP contribution in [0.4, 0.5) is 11.4 Å². The van der Waals surface area contributed by atoms with Gasteiger partial charge in [0.25, 0.3) is 10.0 Å². The maximum atomic E-state index is 12.8. The van der Waals surface area contributed by atoms with Crippen LogP contribution in [0.15, 0.2) is 40.6 Å². The lowest BCUT2D eigenvalue weighted by Crippen LogP contribution is -2.35. The molecule has 0 unspecified atom stereocenters. The summed E-state index contributed by atoms with van der Waals surface area (Å²) in [4.78, 5) is 13.2. The van der Waals surface area contributed by atoms with Gasteiger partial charge in [-0.3, -0.25) is 4.79 Å². The number of piperidine rings is 1. The Balaban J connectivity index is 1.30. The summed E-state index contributed by atoms with van der Waals surface area (Å²) < 4.78 is 27.5. The predicted molar refractivity (Wildman–Crippen MR) is 126 cm³/mol. The van der Waals surface area contributed by atoms with Crippen molar-refractivity contribution in [1.29, 1.82) is 0 Å². The molecule has 1 aliphatic heterocycles. The molecule has 1 aromatic carbocycles. The number of benzene rings is 1. The summed E-state index contributed by atoms with van der Waals surface area (Å²) in [6, 6.07) is 11.7. The van der Waals surface area contributed by atoms with Gasteiger partial charge in [-0.15, -0.1) is 11.3 Å². The molecule has 6 nitrogen and oxygen atoms in total. The van der Waals surface area contributed by atoms with Crippen LogP contribution >= 0.6 is 11.3 Å². The summed E-state index contributed by atoms with van der Waals surface area (Å²) in [5.74, 6) is -0.142. The minimum absolute atomic E-state index is 0.142. The second-order valence-corrected chi connectivity index (χ2v) is 11.8. The van der Waals surface area contributed by atoms with Crippen LogP contribution in [-0.4, -0.2) is 37.8 Å². The van der Waals surface area contributed by atoms with E-state index in [0.29, 0.717) is 23.3 Å². The highest BCUT2D eigenvalue weighted by Crippen LogP contribution is 2.28. The zero-order chi connectivity index (χ0) is 21.7. The van der Waals surface area contributed by atoms with Crippen molar-refractivity contribution in [1.82, 2.24) is 4.31 Å². The van der Waals surface area contributed by atoms with Gasteiger partial charge in [-0.1, -0.05) is 25.7 Å². The Labute approximate surface area is 189 Å². The Morgan fingerprint density at radius 3 is 2.26 bits per heavy atom. The van der Waals surface area contributed by atoms with Crippen LogP contribution in [0.3, 0.4) is 0 Å². The van der Waals surface area contributed by atoms with E-state index in [9.17, 15) is 13.2 Å². The number of hydrogen-bond donors (Lipinski definition) is 2. The lowest BCUT2D eigenvalue weighted by molar-refractivity contribution is -0.115. The Hall–Kier alpha value is -1.90. The summed E-state index contributed by atoms with van der Waals surface area (Å²) in [6.07, 6.45) is 9.42. The predicted octanol–water partition coefficient (Wildman–Crippen LogP) is 4.85. The molecule has 1 saturated heterocycles. The first kappa shape index (κ1) is 22.3. The van der Waals surface area contributed by atoms with E-state index in [1.807, 2.05) is 24.3 Å². The molecule has 1 aliphatic carbocycles. The summed E-state index contributed by atoms with van der Waals surface area (Å²) >= 11 is 1.19. The summed E-state index contributed by atoms with van der Waals surface area (Å²) in [7, 11) is -3.44. The zero-order valence-corrected chi connectivity index (χ0v) is 19.4. The van der Waals surface area contributed by atoms with Gasteiger partial charge in [-0.2, -0.15) is 4.31 Å². The maximum absolute atomic E-state index is 12.8. The summed E-state index contributed by atoms with van der Waals surface area (Å²) in [5.41, 5.74) is 1.83. The number of hydrogen-bond acceptors (Lipinski definition) is 5. The van der Waals surface area contributed by atoms with Gasteiger partial charge in [0, 0.05) is 35.4 Å². The molecule has 31 heavy (non-hydrogen) atoms. The highest BCUT2D eigenvalue weighted by atomic mass is 32.2. The molecular formula is C23H31N3O3S2. The highest BCUT2D eigenvalue weighted by Gasteiger charge is 2.27. The van der Waals surface area contributed by atoms with Crippen LogP contribution in [-0.2, 0) is 21.2 Å².